The SMILES string of the molecule is CC(CN(C)C(=O)c1cccc([N+](=O)[O-])c1N)C(=O)O. The molecule has 1 atom stereocenters. The predicted octanol–water partition coefficient (Wildman–Crippen LogP) is 0.970. The summed E-state index contributed by atoms with van der Waals surface area (Å²) in [6.45, 7) is 1.44. The number of rotatable bonds is 5. The first kappa shape index (κ1) is 15.4. The van der Waals surface area contributed by atoms with Crippen LogP contribution in [0.3, 0.4) is 0 Å². The van der Waals surface area contributed by atoms with E-state index in [1.54, 1.807) is 0 Å². The molecule has 8 nitrogen and oxygen atoms in total. The van der Waals surface area contributed by atoms with Crippen LogP contribution in [0.4, 0.5) is 11.4 Å². The Balaban J connectivity index is 3.01. The first-order chi connectivity index (χ1) is 9.25. The average Bonchev–Trinajstić information content (AvgIpc) is 2.37. The van der Waals surface area contributed by atoms with E-state index in [4.69, 9.17) is 10.8 Å². The molecule has 0 aliphatic heterocycles. The number of carbonyl (C=O) groups is 2. The van der Waals surface area contributed by atoms with Crippen LogP contribution in [0.2, 0.25) is 0 Å². The topological polar surface area (TPSA) is 127 Å². The van der Waals surface area contributed by atoms with Gasteiger partial charge >= 0.3 is 5.97 Å². The second-order valence-electron chi connectivity index (χ2n) is 4.42. The number of nitrogen functional groups attached to an aromatic ring is 1. The van der Waals surface area contributed by atoms with Crippen molar-refractivity contribution in [2.75, 3.05) is 19.3 Å². The molecule has 0 radical (unpaired) electrons. The fourth-order valence-electron chi connectivity index (χ4n) is 1.68. The van der Waals surface area contributed by atoms with Gasteiger partial charge in [0.1, 0.15) is 5.69 Å². The summed E-state index contributed by atoms with van der Waals surface area (Å²) in [6.07, 6.45) is 0. The Morgan fingerprint density at radius 3 is 2.60 bits per heavy atom. The van der Waals surface area contributed by atoms with Gasteiger partial charge in [0, 0.05) is 19.7 Å². The number of hydrogen-bond donors (Lipinski definition) is 2. The molecule has 0 aliphatic carbocycles. The lowest BCUT2D eigenvalue weighted by Gasteiger charge is -2.20. The van der Waals surface area contributed by atoms with E-state index in [2.05, 4.69) is 0 Å². The maximum Gasteiger partial charge on any atom is 0.308 e. The molecule has 1 aromatic rings. The molecule has 0 aliphatic rings. The number of nitro benzene ring substituents is 1. The largest absolute Gasteiger partial charge is 0.481 e. The number of para-hydroxylation sites is 1. The third-order valence-corrected chi connectivity index (χ3v) is 2.83. The van der Waals surface area contributed by atoms with Crippen molar-refractivity contribution in [3.8, 4) is 0 Å². The van der Waals surface area contributed by atoms with E-state index in [0.29, 0.717) is 0 Å². The molecule has 0 heterocycles. The minimum Gasteiger partial charge on any atom is -0.481 e. The Bertz CT molecular complexity index is 558. The molecule has 1 unspecified atom stereocenters. The zero-order chi connectivity index (χ0) is 15.4. The molecule has 3 N–H and O–H groups in total. The van der Waals surface area contributed by atoms with Gasteiger partial charge in [0.2, 0.25) is 0 Å². The van der Waals surface area contributed by atoms with Crippen molar-refractivity contribution in [1.29, 1.82) is 0 Å². The first-order valence-electron chi connectivity index (χ1n) is 5.76. The van der Waals surface area contributed by atoms with Crippen LogP contribution in [0.15, 0.2) is 18.2 Å². The summed E-state index contributed by atoms with van der Waals surface area (Å²) in [6, 6.07) is 3.93. The Labute approximate surface area is 114 Å². The number of aliphatic carboxylic acids is 1. The van der Waals surface area contributed by atoms with E-state index in [9.17, 15) is 19.7 Å². The minimum absolute atomic E-state index is 0.0145. The highest BCUT2D eigenvalue weighted by Gasteiger charge is 2.23. The summed E-state index contributed by atoms with van der Waals surface area (Å²) in [4.78, 5) is 34.1. The number of carboxylic acid groups (broad SMARTS) is 1. The smallest absolute Gasteiger partial charge is 0.308 e. The van der Waals surface area contributed by atoms with E-state index in [0.717, 1.165) is 0 Å². The molecule has 108 valence electrons. The van der Waals surface area contributed by atoms with Crippen LogP contribution in [0.25, 0.3) is 0 Å². The van der Waals surface area contributed by atoms with E-state index >= 15 is 0 Å². The Hall–Kier alpha value is -2.64. The lowest BCUT2D eigenvalue weighted by atomic mass is 10.1. The summed E-state index contributed by atoms with van der Waals surface area (Å²) >= 11 is 0. The van der Waals surface area contributed by atoms with E-state index in [1.807, 2.05) is 0 Å². The third kappa shape index (κ3) is 3.22. The van der Waals surface area contributed by atoms with Gasteiger partial charge < -0.3 is 15.7 Å². The monoisotopic (exact) mass is 281 g/mol. The summed E-state index contributed by atoms with van der Waals surface area (Å²) in [5.41, 5.74) is 5.02. The lowest BCUT2D eigenvalue weighted by molar-refractivity contribution is -0.383. The second-order valence-corrected chi connectivity index (χ2v) is 4.42. The third-order valence-electron chi connectivity index (χ3n) is 2.83. The second kappa shape index (κ2) is 6.00. The highest BCUT2D eigenvalue weighted by Crippen LogP contribution is 2.25. The molecule has 0 aromatic heterocycles. The van der Waals surface area contributed by atoms with Crippen molar-refractivity contribution in [2.45, 2.75) is 6.92 Å². The van der Waals surface area contributed by atoms with Crippen LogP contribution in [0, 0.1) is 16.0 Å². The maximum atomic E-state index is 12.1. The number of anilines is 1. The first-order valence-corrected chi connectivity index (χ1v) is 5.76. The zero-order valence-corrected chi connectivity index (χ0v) is 11.1. The van der Waals surface area contributed by atoms with Crippen molar-refractivity contribution in [3.63, 3.8) is 0 Å². The molecule has 20 heavy (non-hydrogen) atoms. The van der Waals surface area contributed by atoms with Crippen LogP contribution in [-0.2, 0) is 4.79 Å². The van der Waals surface area contributed by atoms with Crippen molar-refractivity contribution in [1.82, 2.24) is 4.90 Å². The highest BCUT2D eigenvalue weighted by molar-refractivity contribution is 6.01. The molecular formula is C12H15N3O5. The van der Waals surface area contributed by atoms with Gasteiger partial charge in [0.25, 0.3) is 11.6 Å². The van der Waals surface area contributed by atoms with Crippen molar-refractivity contribution < 1.29 is 19.6 Å². The molecule has 0 spiro atoms. The number of nitro groups is 1. The van der Waals surface area contributed by atoms with Crippen LogP contribution < -0.4 is 5.73 Å². The predicted molar refractivity (Wildman–Crippen MR) is 71.3 cm³/mol. The van der Waals surface area contributed by atoms with Crippen LogP contribution in [0.1, 0.15) is 17.3 Å². The van der Waals surface area contributed by atoms with Gasteiger partial charge in [-0.05, 0) is 6.07 Å². The average molecular weight is 281 g/mol. The van der Waals surface area contributed by atoms with Crippen LogP contribution in [0.5, 0.6) is 0 Å². The number of amides is 1. The molecule has 0 bridgehead atoms. The van der Waals surface area contributed by atoms with Gasteiger partial charge in [-0.25, -0.2) is 0 Å². The molecule has 1 aromatic carbocycles. The van der Waals surface area contributed by atoms with Crippen LogP contribution >= 0.6 is 0 Å². The maximum absolute atomic E-state index is 12.1. The van der Waals surface area contributed by atoms with Gasteiger partial charge in [0.05, 0.1) is 16.4 Å². The Morgan fingerprint density at radius 2 is 2.10 bits per heavy atom. The highest BCUT2D eigenvalue weighted by atomic mass is 16.6. The van der Waals surface area contributed by atoms with Gasteiger partial charge in [-0.1, -0.05) is 13.0 Å². The van der Waals surface area contributed by atoms with Crippen molar-refractivity contribution in [2.24, 2.45) is 5.92 Å². The minimum atomic E-state index is -1.03. The standard InChI is InChI=1S/C12H15N3O5/c1-7(12(17)18)6-14(2)11(16)8-4-3-5-9(10(8)13)15(19)20/h3-5,7H,6,13H2,1-2H3,(H,17,18). The number of carboxylic acids is 1. The van der Waals surface area contributed by atoms with Crippen molar-refractivity contribution >= 4 is 23.3 Å². The van der Waals surface area contributed by atoms with E-state index in [-0.39, 0.29) is 23.5 Å². The Kier molecular flexibility index (Phi) is 4.63. The summed E-state index contributed by atoms with van der Waals surface area (Å²) < 4.78 is 0. The number of carbonyl (C=O) groups excluding carboxylic acids is 1. The Morgan fingerprint density at radius 1 is 1.50 bits per heavy atom. The quantitative estimate of drug-likeness (QED) is 0.470. The van der Waals surface area contributed by atoms with Gasteiger partial charge in [0.15, 0.2) is 0 Å². The molecule has 1 rings (SSSR count). The number of benzene rings is 1. The molecule has 8 heteroatoms. The normalized spacial score (nSPS) is 11.7. The summed E-state index contributed by atoms with van der Waals surface area (Å²) in [5, 5.41) is 19.6. The fourth-order valence-corrected chi connectivity index (χ4v) is 1.68. The van der Waals surface area contributed by atoms with E-state index < -0.39 is 22.7 Å². The molecule has 0 fully saturated rings. The van der Waals surface area contributed by atoms with Gasteiger partial charge in [-0.3, -0.25) is 19.7 Å². The van der Waals surface area contributed by atoms with Crippen molar-refractivity contribution in [3.05, 3.63) is 33.9 Å². The zero-order valence-electron chi connectivity index (χ0n) is 11.1. The van der Waals surface area contributed by atoms with Crippen LogP contribution in [-0.4, -0.2) is 40.4 Å². The molecule has 0 saturated heterocycles. The molecule has 0 saturated carbocycles. The number of hydrogen-bond acceptors (Lipinski definition) is 5. The molecular weight excluding hydrogens is 266 g/mol. The van der Waals surface area contributed by atoms with E-state index in [1.165, 1.54) is 37.1 Å². The lowest BCUT2D eigenvalue weighted by Crippen LogP contribution is -2.34. The number of nitrogens with zero attached hydrogens (tertiary/aromatic N) is 2. The summed E-state index contributed by atoms with van der Waals surface area (Å²) in [7, 11) is 1.42. The van der Waals surface area contributed by atoms with Gasteiger partial charge in [-0.15, -0.1) is 0 Å². The number of nitrogens with two attached hydrogens (primary N) is 1. The summed E-state index contributed by atoms with van der Waals surface area (Å²) in [5.74, 6) is -2.33. The fraction of sp³-hybridized carbons (Fsp3) is 0.333. The van der Waals surface area contributed by atoms with Gasteiger partial charge in [-0.2, -0.15) is 0 Å². The molecule has 1 amide bonds.